The molecule has 1 aromatic rings. The molecule has 1 saturated heterocycles. The molecule has 1 aromatic carbocycles. The van der Waals surface area contributed by atoms with Gasteiger partial charge in [-0.3, -0.25) is 14.5 Å². The SMILES string of the molecule is O=C(NCCN1CCN(C(=O)C2CC2)CC1)c1ccc2c(c1)OCO2. The second kappa shape index (κ2) is 6.92. The minimum Gasteiger partial charge on any atom is -0.454 e. The maximum atomic E-state index is 12.2. The fourth-order valence-electron chi connectivity index (χ4n) is 3.25. The first-order valence-electron chi connectivity index (χ1n) is 8.90. The molecule has 0 spiro atoms. The molecule has 25 heavy (non-hydrogen) atoms. The first-order chi connectivity index (χ1) is 12.2. The highest BCUT2D eigenvalue weighted by Gasteiger charge is 2.34. The van der Waals surface area contributed by atoms with Gasteiger partial charge < -0.3 is 19.7 Å². The predicted molar refractivity (Wildman–Crippen MR) is 90.6 cm³/mol. The summed E-state index contributed by atoms with van der Waals surface area (Å²) in [5, 5.41) is 2.94. The molecule has 7 heteroatoms. The summed E-state index contributed by atoms with van der Waals surface area (Å²) in [6, 6.07) is 5.21. The maximum absolute atomic E-state index is 12.2. The van der Waals surface area contributed by atoms with E-state index >= 15 is 0 Å². The van der Waals surface area contributed by atoms with Crippen LogP contribution in [0.15, 0.2) is 18.2 Å². The molecule has 0 aromatic heterocycles. The van der Waals surface area contributed by atoms with Crippen molar-refractivity contribution in [3.05, 3.63) is 23.8 Å². The van der Waals surface area contributed by atoms with Gasteiger partial charge in [-0.1, -0.05) is 0 Å². The van der Waals surface area contributed by atoms with Crippen LogP contribution in [0.2, 0.25) is 0 Å². The highest BCUT2D eigenvalue weighted by molar-refractivity contribution is 5.94. The van der Waals surface area contributed by atoms with Gasteiger partial charge in [0.15, 0.2) is 11.5 Å². The molecular formula is C18H23N3O4. The Balaban J connectivity index is 1.19. The van der Waals surface area contributed by atoms with Crippen molar-refractivity contribution in [1.82, 2.24) is 15.1 Å². The van der Waals surface area contributed by atoms with E-state index in [2.05, 4.69) is 10.2 Å². The summed E-state index contributed by atoms with van der Waals surface area (Å²) in [4.78, 5) is 28.5. The van der Waals surface area contributed by atoms with Crippen molar-refractivity contribution in [2.75, 3.05) is 46.1 Å². The van der Waals surface area contributed by atoms with Gasteiger partial charge in [0.05, 0.1) is 0 Å². The van der Waals surface area contributed by atoms with E-state index in [4.69, 9.17) is 9.47 Å². The molecule has 1 aliphatic carbocycles. The third kappa shape index (κ3) is 3.71. The minimum atomic E-state index is -0.110. The van der Waals surface area contributed by atoms with Crippen molar-refractivity contribution >= 4 is 11.8 Å². The Morgan fingerprint density at radius 1 is 1.08 bits per heavy atom. The van der Waals surface area contributed by atoms with Crippen LogP contribution in [0.5, 0.6) is 11.5 Å². The number of nitrogens with zero attached hydrogens (tertiary/aromatic N) is 2. The van der Waals surface area contributed by atoms with E-state index in [0.29, 0.717) is 35.4 Å². The van der Waals surface area contributed by atoms with Crippen molar-refractivity contribution < 1.29 is 19.1 Å². The van der Waals surface area contributed by atoms with Crippen LogP contribution < -0.4 is 14.8 Å². The summed E-state index contributed by atoms with van der Waals surface area (Å²) in [6.07, 6.45) is 2.12. The van der Waals surface area contributed by atoms with Gasteiger partial charge >= 0.3 is 0 Å². The summed E-state index contributed by atoms with van der Waals surface area (Å²) in [6.45, 7) is 4.93. The van der Waals surface area contributed by atoms with Gasteiger partial charge in [-0.2, -0.15) is 0 Å². The quantitative estimate of drug-likeness (QED) is 0.851. The van der Waals surface area contributed by atoms with E-state index in [1.165, 1.54) is 0 Å². The lowest BCUT2D eigenvalue weighted by Gasteiger charge is -2.34. The number of piperazine rings is 1. The molecular weight excluding hydrogens is 322 g/mol. The molecule has 7 nitrogen and oxygen atoms in total. The molecule has 1 N–H and O–H groups in total. The van der Waals surface area contributed by atoms with Gasteiger partial charge in [0.2, 0.25) is 12.7 Å². The largest absolute Gasteiger partial charge is 0.454 e. The van der Waals surface area contributed by atoms with E-state index < -0.39 is 0 Å². The number of fused-ring (bicyclic) bond motifs is 1. The van der Waals surface area contributed by atoms with Crippen molar-refractivity contribution in [1.29, 1.82) is 0 Å². The van der Waals surface area contributed by atoms with Crippen LogP contribution in [0.1, 0.15) is 23.2 Å². The molecule has 2 fully saturated rings. The van der Waals surface area contributed by atoms with Gasteiger partial charge in [0, 0.05) is 50.7 Å². The Bertz CT molecular complexity index is 666. The standard InChI is InChI=1S/C18H23N3O4/c22-17(14-3-4-15-16(11-14)25-12-24-15)19-5-6-20-7-9-21(10-8-20)18(23)13-1-2-13/h3-4,11,13H,1-2,5-10,12H2,(H,19,22). The second-order valence-corrected chi connectivity index (χ2v) is 6.77. The lowest BCUT2D eigenvalue weighted by atomic mass is 10.2. The molecule has 2 amide bonds. The molecule has 0 atom stereocenters. The molecule has 2 aliphatic heterocycles. The average Bonchev–Trinajstić information content (AvgIpc) is 3.38. The molecule has 3 aliphatic rings. The molecule has 0 radical (unpaired) electrons. The van der Waals surface area contributed by atoms with Crippen molar-refractivity contribution in [3.8, 4) is 11.5 Å². The van der Waals surface area contributed by atoms with Gasteiger partial charge in [-0.15, -0.1) is 0 Å². The summed E-state index contributed by atoms with van der Waals surface area (Å²) in [5.41, 5.74) is 0.573. The molecule has 4 rings (SSSR count). The summed E-state index contributed by atoms with van der Waals surface area (Å²) < 4.78 is 10.5. The zero-order chi connectivity index (χ0) is 17.2. The molecule has 134 valence electrons. The number of nitrogens with one attached hydrogen (secondary N) is 1. The van der Waals surface area contributed by atoms with Crippen LogP contribution in [0.25, 0.3) is 0 Å². The summed E-state index contributed by atoms with van der Waals surface area (Å²) in [7, 11) is 0. The second-order valence-electron chi connectivity index (χ2n) is 6.77. The first-order valence-corrected chi connectivity index (χ1v) is 8.90. The summed E-state index contributed by atoms with van der Waals surface area (Å²) >= 11 is 0. The Morgan fingerprint density at radius 2 is 1.84 bits per heavy atom. The zero-order valence-electron chi connectivity index (χ0n) is 14.2. The number of carbonyl (C=O) groups excluding carboxylic acids is 2. The van der Waals surface area contributed by atoms with E-state index in [1.54, 1.807) is 18.2 Å². The zero-order valence-corrected chi connectivity index (χ0v) is 14.2. The molecule has 0 unspecified atom stereocenters. The van der Waals surface area contributed by atoms with Gasteiger partial charge in [0.25, 0.3) is 5.91 Å². The molecule has 1 saturated carbocycles. The number of hydrogen-bond donors (Lipinski definition) is 1. The Hall–Kier alpha value is -2.28. The highest BCUT2D eigenvalue weighted by Crippen LogP contribution is 2.32. The van der Waals surface area contributed by atoms with E-state index in [0.717, 1.165) is 45.6 Å². The monoisotopic (exact) mass is 345 g/mol. The fourth-order valence-corrected chi connectivity index (χ4v) is 3.25. The number of benzene rings is 1. The lowest BCUT2D eigenvalue weighted by molar-refractivity contribution is -0.134. The minimum absolute atomic E-state index is 0.110. The fraction of sp³-hybridized carbons (Fsp3) is 0.556. The predicted octanol–water partition coefficient (Wildman–Crippen LogP) is 0.699. The van der Waals surface area contributed by atoms with Crippen molar-refractivity contribution in [2.24, 2.45) is 5.92 Å². The van der Waals surface area contributed by atoms with Crippen LogP contribution in [-0.2, 0) is 4.79 Å². The smallest absolute Gasteiger partial charge is 0.251 e. The van der Waals surface area contributed by atoms with E-state index in [9.17, 15) is 9.59 Å². The lowest BCUT2D eigenvalue weighted by Crippen LogP contribution is -2.50. The van der Waals surface area contributed by atoms with Crippen LogP contribution in [-0.4, -0.2) is 67.7 Å². The molecule has 2 heterocycles. The Labute approximate surface area is 146 Å². The average molecular weight is 345 g/mol. The van der Waals surface area contributed by atoms with E-state index in [1.807, 2.05) is 4.90 Å². The van der Waals surface area contributed by atoms with Crippen LogP contribution >= 0.6 is 0 Å². The van der Waals surface area contributed by atoms with Crippen molar-refractivity contribution in [3.63, 3.8) is 0 Å². The number of hydrogen-bond acceptors (Lipinski definition) is 5. The van der Waals surface area contributed by atoms with Gasteiger partial charge in [-0.05, 0) is 31.0 Å². The maximum Gasteiger partial charge on any atom is 0.251 e. The topological polar surface area (TPSA) is 71.1 Å². The molecule has 0 bridgehead atoms. The highest BCUT2D eigenvalue weighted by atomic mass is 16.7. The van der Waals surface area contributed by atoms with Crippen LogP contribution in [0.4, 0.5) is 0 Å². The van der Waals surface area contributed by atoms with Crippen molar-refractivity contribution in [2.45, 2.75) is 12.8 Å². The first kappa shape index (κ1) is 16.2. The normalized spacial score (nSPS) is 19.8. The Kier molecular flexibility index (Phi) is 4.48. The number of carbonyl (C=O) groups is 2. The number of rotatable bonds is 5. The third-order valence-electron chi connectivity index (χ3n) is 4.96. The van der Waals surface area contributed by atoms with Crippen LogP contribution in [0.3, 0.4) is 0 Å². The van der Waals surface area contributed by atoms with Gasteiger partial charge in [-0.25, -0.2) is 0 Å². The van der Waals surface area contributed by atoms with Crippen LogP contribution in [0, 0.1) is 5.92 Å². The third-order valence-corrected chi connectivity index (χ3v) is 4.96. The van der Waals surface area contributed by atoms with Gasteiger partial charge in [0.1, 0.15) is 0 Å². The van der Waals surface area contributed by atoms with E-state index in [-0.39, 0.29) is 12.7 Å². The number of ether oxygens (including phenoxy) is 2. The Morgan fingerprint density at radius 3 is 2.60 bits per heavy atom. The summed E-state index contributed by atoms with van der Waals surface area (Å²) in [5.74, 6) is 1.81. The number of amides is 2.